The van der Waals surface area contributed by atoms with E-state index in [1.807, 2.05) is 71.9 Å². The summed E-state index contributed by atoms with van der Waals surface area (Å²) in [6.07, 6.45) is 10.8. The van der Waals surface area contributed by atoms with Crippen LogP contribution in [0.5, 0.6) is 0 Å². The van der Waals surface area contributed by atoms with Crippen LogP contribution < -0.4 is 16.0 Å². The van der Waals surface area contributed by atoms with E-state index in [1.54, 1.807) is 4.90 Å². The highest BCUT2D eigenvalue weighted by Crippen LogP contribution is 2.44. The lowest BCUT2D eigenvalue weighted by Gasteiger charge is -2.25. The number of aromatic nitrogens is 1. The third-order valence-electron chi connectivity index (χ3n) is 12.6. The maximum absolute atomic E-state index is 13.4. The number of aryl methyl sites for hydroxylation is 1. The van der Waals surface area contributed by atoms with E-state index < -0.39 is 0 Å². The van der Waals surface area contributed by atoms with Crippen molar-refractivity contribution < 1.29 is 19.2 Å². The lowest BCUT2D eigenvalue weighted by atomic mass is 9.96. The molecule has 1 aromatic heterocycles. The van der Waals surface area contributed by atoms with Crippen LogP contribution >= 0.6 is 0 Å². The molecule has 3 unspecified atom stereocenters. The Morgan fingerprint density at radius 3 is 2.08 bits per heavy atom. The number of carbonyl (C=O) groups is 2. The van der Waals surface area contributed by atoms with Crippen LogP contribution in [-0.2, 0) is 27.3 Å². The number of nitrogens with zero attached hydrogens (tertiary/aromatic N) is 2. The molecule has 0 bridgehead atoms. The molecule has 2 fully saturated rings. The smallest absolute Gasteiger partial charge is 0.410 e. The number of benzene rings is 5. The summed E-state index contributed by atoms with van der Waals surface area (Å²) in [6, 6.07) is 41.1. The van der Waals surface area contributed by atoms with E-state index in [-0.39, 0.29) is 36.0 Å². The quantitative estimate of drug-likeness (QED) is 0.0911. The van der Waals surface area contributed by atoms with Crippen molar-refractivity contribution in [3.63, 3.8) is 0 Å². The molecule has 0 radical (unpaired) electrons. The molecule has 330 valence electrons. The molecular weight excluding hydrogens is 809 g/mol. The summed E-state index contributed by atoms with van der Waals surface area (Å²) in [6.45, 7) is 8.60. The minimum Gasteiger partial charge on any atom is -0.448 e. The Morgan fingerprint density at radius 1 is 0.754 bits per heavy atom. The zero-order chi connectivity index (χ0) is 44.4. The number of hydroxylamine groups is 2. The van der Waals surface area contributed by atoms with Gasteiger partial charge in [-0.2, -0.15) is 5.06 Å². The molecule has 5 aromatic carbocycles. The molecule has 10 heteroatoms. The molecule has 0 saturated carbocycles. The Hall–Kier alpha value is -6.74. The lowest BCUT2D eigenvalue weighted by molar-refractivity contribution is -0.174. The van der Waals surface area contributed by atoms with E-state index in [0.29, 0.717) is 32.8 Å². The Labute approximate surface area is 381 Å². The first-order valence-electron chi connectivity index (χ1n) is 22.7. The van der Waals surface area contributed by atoms with Gasteiger partial charge in [-0.3, -0.25) is 9.63 Å². The summed E-state index contributed by atoms with van der Waals surface area (Å²) >= 11 is 0. The van der Waals surface area contributed by atoms with Gasteiger partial charge in [-0.05, 0) is 77.1 Å². The van der Waals surface area contributed by atoms with E-state index in [2.05, 4.69) is 125 Å². The molecule has 6 aromatic rings. The number of aromatic amines is 1. The number of fused-ring (bicyclic) bond motifs is 5. The molecule has 2 saturated heterocycles. The standard InChI is InChI=1S/C32H32N4O2.C19H17NO2.C4H7N/c1-22-6-8-23(9-7-22)10-11-24-12-14-25(15-13-24)21-36-31(28-19-33-20-30(28)38-36)32(37)34-17-16-26-18-35-29-5-3-2-4-27(26)29;21-19(20-11-5-6-12-20)22-13-18-16-9-3-1-7-14(16)15-8-2-4-10-17(15)18;1-2-4-5-3-1/h2-9,12-15,18,28,30-31,33,35H,16-17,19-21H2,1H3,(H,34,37);1-10,18H,11-13H2;1-2,5H,3-4H2. The molecule has 65 heavy (non-hydrogen) atoms. The van der Waals surface area contributed by atoms with Crippen LogP contribution in [0.1, 0.15) is 44.9 Å². The van der Waals surface area contributed by atoms with Crippen LogP contribution in [0.15, 0.2) is 152 Å². The number of H-pyrrole nitrogens is 1. The van der Waals surface area contributed by atoms with Crippen LogP contribution in [0.3, 0.4) is 0 Å². The molecule has 10 nitrogen and oxygen atoms in total. The van der Waals surface area contributed by atoms with E-state index in [9.17, 15) is 9.59 Å². The second-order valence-corrected chi connectivity index (χ2v) is 17.0. The third-order valence-corrected chi connectivity index (χ3v) is 12.6. The van der Waals surface area contributed by atoms with Crippen molar-refractivity contribution in [1.82, 2.24) is 30.9 Å². The van der Waals surface area contributed by atoms with Crippen LogP contribution in [0.2, 0.25) is 0 Å². The predicted octanol–water partition coefficient (Wildman–Crippen LogP) is 7.89. The van der Waals surface area contributed by atoms with Gasteiger partial charge in [0.05, 0.1) is 12.6 Å². The molecule has 3 atom stereocenters. The van der Waals surface area contributed by atoms with Gasteiger partial charge in [0.2, 0.25) is 5.91 Å². The highest BCUT2D eigenvalue weighted by Gasteiger charge is 2.49. The predicted molar refractivity (Wildman–Crippen MR) is 257 cm³/mol. The summed E-state index contributed by atoms with van der Waals surface area (Å²) < 4.78 is 5.57. The zero-order valence-corrected chi connectivity index (χ0v) is 36.8. The number of ether oxygens (including phenoxy) is 1. The van der Waals surface area contributed by atoms with Gasteiger partial charge >= 0.3 is 6.09 Å². The SMILES string of the molecule is C1=CCNC1.Cc1ccc(C#Cc2ccc(CN3OC4CNCC4C3C(=O)NCCc3c[nH]c4ccccc34)cc2)cc1.O=C(OCC1c2ccccc2-c2ccccc21)N1CC=CC1. The fourth-order valence-corrected chi connectivity index (χ4v) is 9.17. The van der Waals surface area contributed by atoms with Crippen molar-refractivity contribution in [2.45, 2.75) is 38.0 Å². The monoisotopic (exact) mass is 864 g/mol. The molecule has 5 aliphatic rings. The molecule has 2 amide bonds. The minimum atomic E-state index is -0.320. The second kappa shape index (κ2) is 20.8. The number of carbonyl (C=O) groups excluding carboxylic acids is 2. The number of rotatable bonds is 8. The van der Waals surface area contributed by atoms with Gasteiger partial charge in [-0.15, -0.1) is 0 Å². The molecule has 4 N–H and O–H groups in total. The van der Waals surface area contributed by atoms with Crippen LogP contribution in [0.25, 0.3) is 22.0 Å². The van der Waals surface area contributed by atoms with Gasteiger partial charge in [0.25, 0.3) is 0 Å². The number of hydrogen-bond donors (Lipinski definition) is 4. The maximum Gasteiger partial charge on any atom is 0.410 e. The van der Waals surface area contributed by atoms with Gasteiger partial charge in [0.15, 0.2) is 0 Å². The van der Waals surface area contributed by atoms with E-state index in [0.717, 1.165) is 54.8 Å². The molecular formula is C55H56N6O4. The molecule has 11 rings (SSSR count). The van der Waals surface area contributed by atoms with E-state index >= 15 is 0 Å². The topological polar surface area (TPSA) is 111 Å². The number of amides is 2. The van der Waals surface area contributed by atoms with Crippen LogP contribution in [0, 0.1) is 24.7 Å². The number of para-hydroxylation sites is 1. The van der Waals surface area contributed by atoms with E-state index in [4.69, 9.17) is 9.57 Å². The first-order valence-corrected chi connectivity index (χ1v) is 22.7. The first kappa shape index (κ1) is 43.5. The Balaban J connectivity index is 0.000000165. The fourth-order valence-electron chi connectivity index (χ4n) is 9.17. The van der Waals surface area contributed by atoms with Gasteiger partial charge < -0.3 is 30.6 Å². The molecule has 0 spiro atoms. The normalized spacial score (nSPS) is 19.0. The second-order valence-electron chi connectivity index (χ2n) is 17.0. The van der Waals surface area contributed by atoms with Gasteiger partial charge in [0, 0.05) is 85.9 Å². The number of hydrogen-bond acceptors (Lipinski definition) is 7. The molecule has 5 heterocycles. The van der Waals surface area contributed by atoms with E-state index in [1.165, 1.54) is 38.8 Å². The third kappa shape index (κ3) is 10.5. The first-order chi connectivity index (χ1) is 32.0. The van der Waals surface area contributed by atoms with Crippen molar-refractivity contribution in [3.8, 4) is 23.0 Å². The minimum absolute atomic E-state index is 0.0269. The molecule has 1 aliphatic carbocycles. The van der Waals surface area contributed by atoms with Gasteiger partial charge in [-0.1, -0.05) is 133 Å². The summed E-state index contributed by atoms with van der Waals surface area (Å²) in [4.78, 5) is 36.7. The van der Waals surface area contributed by atoms with Crippen LogP contribution in [0.4, 0.5) is 4.79 Å². The summed E-state index contributed by atoms with van der Waals surface area (Å²) in [7, 11) is 0. The highest BCUT2D eigenvalue weighted by molar-refractivity contribution is 5.84. The van der Waals surface area contributed by atoms with Crippen molar-refractivity contribution >= 4 is 22.9 Å². The summed E-state index contributed by atoms with van der Waals surface area (Å²) in [5, 5.41) is 12.8. The van der Waals surface area contributed by atoms with Crippen molar-refractivity contribution in [1.29, 1.82) is 0 Å². The number of nitrogens with one attached hydrogen (secondary N) is 4. The van der Waals surface area contributed by atoms with Gasteiger partial charge in [-0.25, -0.2) is 4.79 Å². The Morgan fingerprint density at radius 2 is 1.40 bits per heavy atom. The molecule has 4 aliphatic heterocycles. The van der Waals surface area contributed by atoms with Crippen molar-refractivity contribution in [2.75, 3.05) is 52.4 Å². The average Bonchev–Trinajstić information content (AvgIpc) is 4.21. The summed E-state index contributed by atoms with van der Waals surface area (Å²) in [5.41, 5.74) is 11.6. The van der Waals surface area contributed by atoms with Crippen molar-refractivity contribution in [2.24, 2.45) is 5.92 Å². The van der Waals surface area contributed by atoms with Gasteiger partial charge in [0.1, 0.15) is 12.6 Å². The Kier molecular flexibility index (Phi) is 13.9. The highest BCUT2D eigenvalue weighted by atomic mass is 16.7. The van der Waals surface area contributed by atoms with Crippen molar-refractivity contribution in [3.05, 3.63) is 191 Å². The zero-order valence-electron chi connectivity index (χ0n) is 36.8. The fraction of sp³-hybridized carbons (Fsp3) is 0.273. The summed E-state index contributed by atoms with van der Waals surface area (Å²) in [5.74, 6) is 6.76. The average molecular weight is 865 g/mol. The largest absolute Gasteiger partial charge is 0.448 e. The maximum atomic E-state index is 13.4. The Bertz CT molecular complexity index is 2650. The van der Waals surface area contributed by atoms with Crippen LogP contribution in [-0.4, -0.2) is 91.5 Å². The lowest BCUT2D eigenvalue weighted by Crippen LogP contribution is -2.47.